The smallest absolute Gasteiger partial charge is 0.267 e. The molecule has 32 heavy (non-hydrogen) atoms. The van der Waals surface area contributed by atoms with E-state index in [0.29, 0.717) is 15.6 Å². The number of fused-ring (bicyclic) bond motifs is 1. The van der Waals surface area contributed by atoms with Gasteiger partial charge in [0, 0.05) is 21.5 Å². The lowest BCUT2D eigenvalue weighted by Gasteiger charge is -2.29. The van der Waals surface area contributed by atoms with Crippen molar-refractivity contribution in [2.45, 2.75) is 25.3 Å². The Hall–Kier alpha value is -2.88. The van der Waals surface area contributed by atoms with E-state index in [1.807, 2.05) is 78.9 Å². The molecule has 1 heterocycles. The van der Waals surface area contributed by atoms with Gasteiger partial charge in [-0.1, -0.05) is 65.7 Å². The molecule has 0 N–H and O–H groups in total. The third kappa shape index (κ3) is 4.11. The molecule has 0 aromatic heterocycles. The Morgan fingerprint density at radius 2 is 1.56 bits per heavy atom. The summed E-state index contributed by atoms with van der Waals surface area (Å²) in [6.07, 6.45) is 5.17. The summed E-state index contributed by atoms with van der Waals surface area (Å²) in [6, 6.07) is 24.8. The molecule has 3 nitrogen and oxygen atoms in total. The summed E-state index contributed by atoms with van der Waals surface area (Å²) in [7, 11) is 0. The van der Waals surface area contributed by atoms with Crippen LogP contribution in [-0.2, 0) is 0 Å². The number of hydrogen-bond donors (Lipinski definition) is 0. The fourth-order valence-electron chi connectivity index (χ4n) is 4.63. The average Bonchev–Trinajstić information content (AvgIpc) is 3.22. The van der Waals surface area contributed by atoms with Crippen LogP contribution in [0.25, 0.3) is 6.08 Å². The van der Waals surface area contributed by atoms with E-state index < -0.39 is 0 Å². The number of hydrogen-bond acceptors (Lipinski definition) is 2. The molecule has 160 valence electrons. The van der Waals surface area contributed by atoms with Crippen molar-refractivity contribution in [3.05, 3.63) is 111 Å². The number of halogens is 2. The van der Waals surface area contributed by atoms with Gasteiger partial charge in [-0.2, -0.15) is 5.10 Å². The summed E-state index contributed by atoms with van der Waals surface area (Å²) in [5.74, 6) is 0.0643. The van der Waals surface area contributed by atoms with E-state index in [9.17, 15) is 4.79 Å². The van der Waals surface area contributed by atoms with Crippen LogP contribution in [-0.4, -0.2) is 16.6 Å². The molecule has 3 aromatic carbocycles. The standard InChI is InChI=1S/C27H22Cl2N2O/c28-22-13-9-18(10-14-22)17-21-7-4-8-24-25(21)30-31(27(32)20-5-2-1-3-6-20)26(24)19-11-15-23(29)16-12-19/h1-3,5-6,9-17,24,26H,4,7-8H2/b21-17-/t24-,26-/m0/s1. The molecule has 0 bridgehead atoms. The zero-order chi connectivity index (χ0) is 22.1. The minimum Gasteiger partial charge on any atom is -0.267 e. The van der Waals surface area contributed by atoms with Crippen LogP contribution in [0, 0.1) is 5.92 Å². The van der Waals surface area contributed by atoms with Crippen molar-refractivity contribution >= 4 is 40.9 Å². The van der Waals surface area contributed by atoms with Crippen LogP contribution in [0.15, 0.2) is 89.5 Å². The Labute approximate surface area is 198 Å². The molecular formula is C27H22Cl2N2O. The van der Waals surface area contributed by atoms with Crippen molar-refractivity contribution in [2.24, 2.45) is 11.0 Å². The molecule has 2 atom stereocenters. The molecule has 0 spiro atoms. The van der Waals surface area contributed by atoms with Crippen molar-refractivity contribution < 1.29 is 4.79 Å². The number of carbonyl (C=O) groups is 1. The number of benzene rings is 3. The van der Waals surface area contributed by atoms with Crippen LogP contribution in [0.5, 0.6) is 0 Å². The Bertz CT molecular complexity index is 1180. The van der Waals surface area contributed by atoms with Crippen LogP contribution < -0.4 is 0 Å². The van der Waals surface area contributed by atoms with E-state index in [-0.39, 0.29) is 17.9 Å². The third-order valence-electron chi connectivity index (χ3n) is 6.15. The second-order valence-electron chi connectivity index (χ2n) is 8.22. The maximum absolute atomic E-state index is 13.5. The second-order valence-corrected chi connectivity index (χ2v) is 9.09. The molecule has 3 aromatic rings. The minimum absolute atomic E-state index is 0.0849. The summed E-state index contributed by atoms with van der Waals surface area (Å²) in [5.41, 5.74) is 4.97. The average molecular weight is 461 g/mol. The largest absolute Gasteiger partial charge is 0.274 e. The first kappa shape index (κ1) is 21.0. The molecule has 1 amide bonds. The van der Waals surface area contributed by atoms with Crippen LogP contribution in [0.2, 0.25) is 10.0 Å². The third-order valence-corrected chi connectivity index (χ3v) is 6.66. The highest BCUT2D eigenvalue weighted by Crippen LogP contribution is 2.45. The molecule has 5 rings (SSSR count). The first-order valence-corrected chi connectivity index (χ1v) is 11.5. The van der Waals surface area contributed by atoms with Gasteiger partial charge >= 0.3 is 0 Å². The fourth-order valence-corrected chi connectivity index (χ4v) is 4.89. The number of allylic oxidation sites excluding steroid dienone is 1. The lowest BCUT2D eigenvalue weighted by atomic mass is 9.77. The number of carbonyl (C=O) groups excluding carboxylic acids is 1. The van der Waals surface area contributed by atoms with Gasteiger partial charge in [-0.15, -0.1) is 0 Å². The van der Waals surface area contributed by atoms with Crippen molar-refractivity contribution in [3.8, 4) is 0 Å². The summed E-state index contributed by atoms with van der Waals surface area (Å²) in [5, 5.41) is 8.01. The van der Waals surface area contributed by atoms with Gasteiger partial charge in [0.05, 0.1) is 11.8 Å². The Balaban J connectivity index is 1.57. The number of nitrogens with zero attached hydrogens (tertiary/aromatic N) is 2. The van der Waals surface area contributed by atoms with Crippen LogP contribution in [0.4, 0.5) is 0 Å². The molecule has 1 aliphatic carbocycles. The highest BCUT2D eigenvalue weighted by atomic mass is 35.5. The van der Waals surface area contributed by atoms with Gasteiger partial charge in [-0.3, -0.25) is 4.79 Å². The molecule has 0 saturated heterocycles. The maximum Gasteiger partial charge on any atom is 0.274 e. The summed E-state index contributed by atoms with van der Waals surface area (Å²) < 4.78 is 0. The quantitative estimate of drug-likeness (QED) is 0.399. The number of amides is 1. The normalized spacial score (nSPS) is 21.4. The SMILES string of the molecule is O=C(c1ccccc1)N1N=C2/C(=C\c3ccc(Cl)cc3)CCC[C@@H]2[C@@H]1c1ccc(Cl)cc1. The van der Waals surface area contributed by atoms with E-state index in [1.54, 1.807) is 5.01 Å². The van der Waals surface area contributed by atoms with Crippen molar-refractivity contribution in [3.63, 3.8) is 0 Å². The fraction of sp³-hybridized carbons (Fsp3) is 0.185. The van der Waals surface area contributed by atoms with Crippen molar-refractivity contribution in [1.82, 2.24) is 5.01 Å². The van der Waals surface area contributed by atoms with Gasteiger partial charge in [0.2, 0.25) is 0 Å². The lowest BCUT2D eigenvalue weighted by molar-refractivity contribution is 0.0681. The highest BCUT2D eigenvalue weighted by molar-refractivity contribution is 6.30. The van der Waals surface area contributed by atoms with E-state index >= 15 is 0 Å². The zero-order valence-electron chi connectivity index (χ0n) is 17.4. The summed E-state index contributed by atoms with van der Waals surface area (Å²) in [6.45, 7) is 0. The molecule has 2 aliphatic rings. The summed E-state index contributed by atoms with van der Waals surface area (Å²) >= 11 is 12.2. The molecular weight excluding hydrogens is 439 g/mol. The van der Waals surface area contributed by atoms with Gasteiger partial charge in [-0.05, 0) is 78.4 Å². The molecule has 0 unspecified atom stereocenters. The van der Waals surface area contributed by atoms with Crippen LogP contribution in [0.1, 0.15) is 46.8 Å². The molecule has 1 fully saturated rings. The van der Waals surface area contributed by atoms with Crippen LogP contribution in [0.3, 0.4) is 0 Å². The predicted octanol–water partition coefficient (Wildman–Crippen LogP) is 7.43. The Morgan fingerprint density at radius 3 is 2.25 bits per heavy atom. The topological polar surface area (TPSA) is 32.7 Å². The predicted molar refractivity (Wildman–Crippen MR) is 131 cm³/mol. The first-order chi connectivity index (χ1) is 15.6. The van der Waals surface area contributed by atoms with Crippen molar-refractivity contribution in [1.29, 1.82) is 0 Å². The van der Waals surface area contributed by atoms with Gasteiger partial charge in [0.15, 0.2) is 0 Å². The molecule has 1 saturated carbocycles. The van der Waals surface area contributed by atoms with Gasteiger partial charge in [0.1, 0.15) is 0 Å². The maximum atomic E-state index is 13.5. The van der Waals surface area contributed by atoms with E-state index in [0.717, 1.165) is 36.1 Å². The number of hydrazone groups is 1. The second kappa shape index (κ2) is 8.93. The van der Waals surface area contributed by atoms with Gasteiger partial charge in [0.25, 0.3) is 5.91 Å². The highest BCUT2D eigenvalue weighted by Gasteiger charge is 2.43. The zero-order valence-corrected chi connectivity index (χ0v) is 18.9. The van der Waals surface area contributed by atoms with Gasteiger partial charge in [-0.25, -0.2) is 5.01 Å². The van der Waals surface area contributed by atoms with Gasteiger partial charge < -0.3 is 0 Å². The molecule has 5 heteroatoms. The summed E-state index contributed by atoms with van der Waals surface area (Å²) in [4.78, 5) is 13.5. The van der Waals surface area contributed by atoms with E-state index in [1.165, 1.54) is 5.57 Å². The first-order valence-electron chi connectivity index (χ1n) is 10.8. The minimum atomic E-state index is -0.149. The lowest BCUT2D eigenvalue weighted by Crippen LogP contribution is -2.31. The Kier molecular flexibility index (Phi) is 5.86. The van der Waals surface area contributed by atoms with Crippen LogP contribution >= 0.6 is 23.2 Å². The van der Waals surface area contributed by atoms with E-state index in [2.05, 4.69) is 6.08 Å². The van der Waals surface area contributed by atoms with Crippen molar-refractivity contribution in [2.75, 3.05) is 0 Å². The monoisotopic (exact) mass is 460 g/mol. The number of rotatable bonds is 3. The van der Waals surface area contributed by atoms with E-state index in [4.69, 9.17) is 28.3 Å². The Morgan fingerprint density at radius 1 is 0.906 bits per heavy atom. The molecule has 1 aliphatic heterocycles. The molecule has 0 radical (unpaired) electrons.